The Bertz CT molecular complexity index is 1500. The second-order valence-electron chi connectivity index (χ2n) is 12.2. The minimum atomic E-state index is -0.651. The van der Waals surface area contributed by atoms with Crippen molar-refractivity contribution in [2.75, 3.05) is 45.9 Å². The van der Waals surface area contributed by atoms with Crippen molar-refractivity contribution in [3.8, 4) is 0 Å². The molecule has 4 N–H and O–H groups in total. The summed E-state index contributed by atoms with van der Waals surface area (Å²) in [4.78, 5) is 29.3. The van der Waals surface area contributed by atoms with Crippen LogP contribution in [0.4, 0.5) is 4.39 Å². The van der Waals surface area contributed by atoms with Gasteiger partial charge in [0.2, 0.25) is 5.91 Å². The first-order chi connectivity index (χ1) is 22.3. The number of dihydropyridines is 1. The molecular formula is C38H45FN4O3. The Hall–Kier alpha value is -4.11. The molecule has 0 saturated carbocycles. The summed E-state index contributed by atoms with van der Waals surface area (Å²) < 4.78 is 19.6. The van der Waals surface area contributed by atoms with Gasteiger partial charge in [-0.2, -0.15) is 0 Å². The Morgan fingerprint density at radius 1 is 0.957 bits per heavy atom. The second kappa shape index (κ2) is 15.5. The normalized spacial score (nSPS) is 18.3. The van der Waals surface area contributed by atoms with E-state index in [1.807, 2.05) is 6.92 Å². The maximum absolute atomic E-state index is 13.9. The quantitative estimate of drug-likeness (QED) is 0.227. The van der Waals surface area contributed by atoms with Crippen LogP contribution in [0.1, 0.15) is 55.7 Å². The Labute approximate surface area is 271 Å². The maximum atomic E-state index is 13.9. The largest absolute Gasteiger partial charge is 0.374 e. The fourth-order valence-electron chi connectivity index (χ4n) is 7.01. The highest BCUT2D eigenvalue weighted by molar-refractivity contribution is 6.03. The highest BCUT2D eigenvalue weighted by atomic mass is 19.1. The van der Waals surface area contributed by atoms with Crippen LogP contribution in [0.3, 0.4) is 0 Å². The summed E-state index contributed by atoms with van der Waals surface area (Å²) in [7, 11) is 0. The number of allylic oxidation sites excluding steroid dienone is 2. The van der Waals surface area contributed by atoms with E-state index in [1.54, 1.807) is 12.1 Å². The number of hydrogen-bond acceptors (Lipinski definition) is 6. The highest BCUT2D eigenvalue weighted by Crippen LogP contribution is 2.42. The first kappa shape index (κ1) is 33.3. The summed E-state index contributed by atoms with van der Waals surface area (Å²) in [6.45, 7) is 7.39. The van der Waals surface area contributed by atoms with E-state index in [9.17, 15) is 14.0 Å². The highest BCUT2D eigenvalue weighted by Gasteiger charge is 2.38. The molecule has 0 spiro atoms. The summed E-state index contributed by atoms with van der Waals surface area (Å²) in [5, 5.41) is 6.37. The van der Waals surface area contributed by atoms with Crippen LogP contribution in [-0.2, 0) is 19.7 Å². The van der Waals surface area contributed by atoms with Crippen LogP contribution < -0.4 is 16.4 Å². The molecule has 3 aromatic carbocycles. The average Bonchev–Trinajstić information content (AvgIpc) is 3.07. The number of nitrogens with zero attached hydrogens (tertiary/aromatic N) is 1. The lowest BCUT2D eigenvalue weighted by Gasteiger charge is -2.43. The topological polar surface area (TPSA) is 96.7 Å². The number of ether oxygens (including phenoxy) is 1. The number of piperidine rings is 1. The van der Waals surface area contributed by atoms with Crippen molar-refractivity contribution in [3.63, 3.8) is 0 Å². The molecule has 0 bridgehead atoms. The Kier molecular flexibility index (Phi) is 11.2. The van der Waals surface area contributed by atoms with E-state index in [2.05, 4.69) is 76.2 Å². The Morgan fingerprint density at radius 3 is 2.13 bits per heavy atom. The molecule has 7 nitrogen and oxygen atoms in total. The molecule has 1 atom stereocenters. The van der Waals surface area contributed by atoms with E-state index in [1.165, 1.54) is 30.2 Å². The smallest absolute Gasteiger partial charge is 0.250 e. The van der Waals surface area contributed by atoms with E-state index in [0.29, 0.717) is 47.8 Å². The number of carbonyl (C=O) groups excluding carboxylic acids is 2. The van der Waals surface area contributed by atoms with Crippen molar-refractivity contribution in [1.82, 2.24) is 15.5 Å². The number of rotatable bonds is 13. The van der Waals surface area contributed by atoms with Gasteiger partial charge in [-0.05, 0) is 81.6 Å². The first-order valence-electron chi connectivity index (χ1n) is 16.2. The number of carbonyl (C=O) groups is 2. The number of hydrogen-bond donors (Lipinski definition) is 3. The monoisotopic (exact) mass is 624 g/mol. The van der Waals surface area contributed by atoms with Gasteiger partial charge in [0.05, 0.1) is 24.5 Å². The van der Waals surface area contributed by atoms with Crippen LogP contribution in [0.2, 0.25) is 0 Å². The Balaban J connectivity index is 1.26. The van der Waals surface area contributed by atoms with Crippen LogP contribution in [0, 0.1) is 5.82 Å². The molecule has 8 heteroatoms. The number of ketones is 1. The van der Waals surface area contributed by atoms with Gasteiger partial charge in [-0.1, -0.05) is 72.8 Å². The average molecular weight is 625 g/mol. The summed E-state index contributed by atoms with van der Waals surface area (Å²) in [6, 6.07) is 27.6. The summed E-state index contributed by atoms with van der Waals surface area (Å²) in [5.74, 6) is -1.46. The molecule has 1 saturated heterocycles. The van der Waals surface area contributed by atoms with Crippen LogP contribution in [0.5, 0.6) is 0 Å². The van der Waals surface area contributed by atoms with Gasteiger partial charge in [-0.15, -0.1) is 0 Å². The van der Waals surface area contributed by atoms with Gasteiger partial charge in [0.15, 0.2) is 5.78 Å². The minimum absolute atomic E-state index is 0.00843. The molecule has 0 aromatic heterocycles. The third-order valence-electron chi connectivity index (χ3n) is 9.28. The van der Waals surface area contributed by atoms with Gasteiger partial charge in [0, 0.05) is 35.7 Å². The number of likely N-dealkylation sites (tertiary alicyclic amines) is 1. The molecule has 2 heterocycles. The van der Waals surface area contributed by atoms with Crippen LogP contribution in [-0.4, -0.2) is 62.5 Å². The van der Waals surface area contributed by atoms with E-state index >= 15 is 0 Å². The fraction of sp³-hybridized carbons (Fsp3) is 0.368. The predicted octanol–water partition coefficient (Wildman–Crippen LogP) is 5.19. The number of benzene rings is 3. The standard InChI is InChI=1S/C38H45FN4O3/c1-27-34(28(2)44)35(29-14-16-32(39)17-15-29)36(33(42-27)26-46-25-20-40)37(45)41-21-9-22-43-23-18-38(19-24-43,30-10-5-3-6-11-30)31-12-7-4-8-13-31/h3-8,10-17,35,42H,9,18-26,40H2,1-2H3,(H,41,45). The third kappa shape index (κ3) is 7.47. The molecule has 0 aliphatic carbocycles. The molecule has 242 valence electrons. The van der Waals surface area contributed by atoms with Gasteiger partial charge < -0.3 is 26.0 Å². The van der Waals surface area contributed by atoms with Gasteiger partial charge in [0.1, 0.15) is 5.82 Å². The van der Waals surface area contributed by atoms with E-state index in [0.717, 1.165) is 38.9 Å². The molecule has 2 aliphatic rings. The van der Waals surface area contributed by atoms with Gasteiger partial charge in [-0.3, -0.25) is 9.59 Å². The van der Waals surface area contributed by atoms with Crippen LogP contribution in [0.15, 0.2) is 107 Å². The zero-order valence-electron chi connectivity index (χ0n) is 26.9. The van der Waals surface area contributed by atoms with Crippen LogP contribution >= 0.6 is 0 Å². The second-order valence-corrected chi connectivity index (χ2v) is 12.2. The number of amides is 1. The molecule has 5 rings (SSSR count). The SMILES string of the molecule is CC(=O)C1=C(C)NC(COCCN)=C(C(=O)NCCCN2CCC(c3ccccc3)(c3ccccc3)CC2)C1c1ccc(F)cc1. The number of Topliss-reactive ketones (excluding diaryl/α,β-unsaturated/α-hetero) is 1. The summed E-state index contributed by atoms with van der Waals surface area (Å²) >= 11 is 0. The lowest BCUT2D eigenvalue weighted by Crippen LogP contribution is -2.44. The molecule has 2 aliphatic heterocycles. The van der Waals surface area contributed by atoms with E-state index in [-0.39, 0.29) is 29.5 Å². The van der Waals surface area contributed by atoms with Crippen molar-refractivity contribution < 1.29 is 18.7 Å². The first-order valence-corrected chi connectivity index (χ1v) is 16.2. The van der Waals surface area contributed by atoms with E-state index < -0.39 is 5.92 Å². The van der Waals surface area contributed by atoms with Gasteiger partial charge >= 0.3 is 0 Å². The van der Waals surface area contributed by atoms with E-state index in [4.69, 9.17) is 10.5 Å². The lowest BCUT2D eigenvalue weighted by atomic mass is 9.68. The van der Waals surface area contributed by atoms with Crippen LogP contribution in [0.25, 0.3) is 0 Å². The Morgan fingerprint density at radius 2 is 1.57 bits per heavy atom. The van der Waals surface area contributed by atoms with Gasteiger partial charge in [0.25, 0.3) is 0 Å². The van der Waals surface area contributed by atoms with Crippen molar-refractivity contribution in [3.05, 3.63) is 130 Å². The summed E-state index contributed by atoms with van der Waals surface area (Å²) in [6.07, 6.45) is 2.83. The molecule has 0 radical (unpaired) electrons. The van der Waals surface area contributed by atoms with Gasteiger partial charge in [-0.25, -0.2) is 4.39 Å². The lowest BCUT2D eigenvalue weighted by molar-refractivity contribution is -0.117. The summed E-state index contributed by atoms with van der Waals surface area (Å²) in [5.41, 5.74) is 11.1. The maximum Gasteiger partial charge on any atom is 0.250 e. The molecule has 1 fully saturated rings. The fourth-order valence-corrected chi connectivity index (χ4v) is 7.01. The van der Waals surface area contributed by atoms with Crippen molar-refractivity contribution in [2.24, 2.45) is 5.73 Å². The van der Waals surface area contributed by atoms with Crippen molar-refractivity contribution in [1.29, 1.82) is 0 Å². The molecule has 3 aromatic rings. The number of nitrogens with two attached hydrogens (primary N) is 1. The zero-order valence-corrected chi connectivity index (χ0v) is 26.9. The van der Waals surface area contributed by atoms with Crippen molar-refractivity contribution in [2.45, 2.75) is 44.4 Å². The minimum Gasteiger partial charge on any atom is -0.374 e. The molecule has 1 unspecified atom stereocenters. The number of nitrogens with one attached hydrogen (secondary N) is 2. The predicted molar refractivity (Wildman–Crippen MR) is 180 cm³/mol. The van der Waals surface area contributed by atoms with Crippen molar-refractivity contribution >= 4 is 11.7 Å². The number of halogens is 1. The molecular weight excluding hydrogens is 579 g/mol. The zero-order chi connectivity index (χ0) is 32.5. The molecule has 46 heavy (non-hydrogen) atoms. The third-order valence-corrected chi connectivity index (χ3v) is 9.28. The molecule has 1 amide bonds.